The predicted octanol–water partition coefficient (Wildman–Crippen LogP) is 4.51. The highest BCUT2D eigenvalue weighted by molar-refractivity contribution is 6.37. The van der Waals surface area contributed by atoms with Gasteiger partial charge in [-0.2, -0.15) is 5.10 Å². The van der Waals surface area contributed by atoms with Crippen molar-refractivity contribution in [2.75, 3.05) is 0 Å². The van der Waals surface area contributed by atoms with Gasteiger partial charge in [-0.3, -0.25) is 0 Å². The number of halogens is 3. The minimum Gasteiger partial charge on any atom is -0.391 e. The van der Waals surface area contributed by atoms with E-state index in [1.807, 2.05) is 12.1 Å². The Balaban J connectivity index is 0.000000687. The largest absolute Gasteiger partial charge is 0.391 e. The van der Waals surface area contributed by atoms with Crippen LogP contribution in [0.2, 0.25) is 15.1 Å². The number of hydrogen-bond donors (Lipinski definition) is 1. The Morgan fingerprint density at radius 1 is 1.17 bits per heavy atom. The first kappa shape index (κ1) is 22.4. The SMILES string of the molecule is Clc1ccc(CON=C(Cn2cncn2)c2ccc(Cl)cc2Cl)cc1.O=[N+]([O-])O. The zero-order valence-electron chi connectivity index (χ0n) is 14.7. The van der Waals surface area contributed by atoms with Crippen LogP contribution in [0.3, 0.4) is 0 Å². The molecule has 0 saturated heterocycles. The number of aromatic nitrogens is 3. The second kappa shape index (κ2) is 11.2. The summed E-state index contributed by atoms with van der Waals surface area (Å²) in [6, 6.07) is 12.6. The average molecular weight is 459 g/mol. The molecular weight excluding hydrogens is 445 g/mol. The topological polar surface area (TPSA) is 116 Å². The van der Waals surface area contributed by atoms with Crippen LogP contribution < -0.4 is 0 Å². The molecule has 0 amide bonds. The van der Waals surface area contributed by atoms with Crippen molar-refractivity contribution in [2.24, 2.45) is 5.16 Å². The van der Waals surface area contributed by atoms with Gasteiger partial charge < -0.3 is 10.0 Å². The molecule has 0 fully saturated rings. The fourth-order valence-corrected chi connectivity index (χ4v) is 2.76. The first-order valence-corrected chi connectivity index (χ1v) is 9.03. The lowest BCUT2D eigenvalue weighted by Crippen LogP contribution is -2.13. The highest BCUT2D eigenvalue weighted by Gasteiger charge is 2.11. The molecule has 3 aromatic rings. The summed E-state index contributed by atoms with van der Waals surface area (Å²) < 4.78 is 1.63. The predicted molar refractivity (Wildman–Crippen MR) is 108 cm³/mol. The minimum atomic E-state index is -1.50. The molecule has 29 heavy (non-hydrogen) atoms. The van der Waals surface area contributed by atoms with E-state index in [9.17, 15) is 0 Å². The van der Waals surface area contributed by atoms with Crippen molar-refractivity contribution in [1.82, 2.24) is 14.8 Å². The van der Waals surface area contributed by atoms with Gasteiger partial charge >= 0.3 is 0 Å². The third-order valence-electron chi connectivity index (χ3n) is 3.34. The first-order valence-electron chi connectivity index (χ1n) is 7.89. The van der Waals surface area contributed by atoms with E-state index in [2.05, 4.69) is 15.2 Å². The van der Waals surface area contributed by atoms with Crippen molar-refractivity contribution in [3.63, 3.8) is 0 Å². The van der Waals surface area contributed by atoms with Crippen LogP contribution in [-0.4, -0.2) is 30.8 Å². The van der Waals surface area contributed by atoms with Crippen molar-refractivity contribution in [3.8, 4) is 0 Å². The van der Waals surface area contributed by atoms with E-state index in [1.54, 1.807) is 41.3 Å². The van der Waals surface area contributed by atoms with Gasteiger partial charge in [0.15, 0.2) is 0 Å². The smallest absolute Gasteiger partial charge is 0.291 e. The number of hydrogen-bond acceptors (Lipinski definition) is 6. The molecule has 152 valence electrons. The molecule has 3 rings (SSSR count). The highest BCUT2D eigenvalue weighted by atomic mass is 35.5. The van der Waals surface area contributed by atoms with Gasteiger partial charge in [0, 0.05) is 15.6 Å². The summed E-state index contributed by atoms with van der Waals surface area (Å²) >= 11 is 18.1. The summed E-state index contributed by atoms with van der Waals surface area (Å²) in [4.78, 5) is 17.8. The molecule has 0 saturated carbocycles. The van der Waals surface area contributed by atoms with Gasteiger partial charge in [-0.1, -0.05) is 52.1 Å². The summed E-state index contributed by atoms with van der Waals surface area (Å²) in [6.07, 6.45) is 3.05. The molecule has 0 aliphatic rings. The van der Waals surface area contributed by atoms with Gasteiger partial charge in [-0.05, 0) is 35.9 Å². The number of nitrogens with zero attached hydrogens (tertiary/aromatic N) is 5. The second-order valence-corrected chi connectivity index (χ2v) is 6.67. The summed E-state index contributed by atoms with van der Waals surface area (Å²) in [6.45, 7) is 0.672. The third-order valence-corrected chi connectivity index (χ3v) is 4.14. The van der Waals surface area contributed by atoms with Crippen molar-refractivity contribution < 1.29 is 15.1 Å². The zero-order chi connectivity index (χ0) is 21.2. The average Bonchev–Trinajstić information content (AvgIpc) is 3.15. The Kier molecular flexibility index (Phi) is 8.66. The summed E-state index contributed by atoms with van der Waals surface area (Å²) in [5.41, 5.74) is 2.29. The quantitative estimate of drug-likeness (QED) is 0.330. The van der Waals surface area contributed by atoms with Gasteiger partial charge in [0.25, 0.3) is 5.09 Å². The van der Waals surface area contributed by atoms with Crippen LogP contribution in [0.25, 0.3) is 0 Å². The zero-order valence-corrected chi connectivity index (χ0v) is 16.9. The van der Waals surface area contributed by atoms with E-state index in [0.29, 0.717) is 33.9 Å². The first-order chi connectivity index (χ1) is 13.8. The van der Waals surface area contributed by atoms with Gasteiger partial charge in [-0.25, -0.2) is 9.67 Å². The minimum absolute atomic E-state index is 0.309. The van der Waals surface area contributed by atoms with Crippen LogP contribution in [0.1, 0.15) is 11.1 Å². The molecule has 12 heteroatoms. The molecule has 1 aromatic heterocycles. The van der Waals surface area contributed by atoms with Crippen molar-refractivity contribution in [3.05, 3.63) is 91.4 Å². The maximum atomic E-state index is 8.36. The number of benzene rings is 2. The summed E-state index contributed by atoms with van der Waals surface area (Å²) in [5.74, 6) is 0. The van der Waals surface area contributed by atoms with Crippen LogP contribution in [0, 0.1) is 10.1 Å². The Bertz CT molecular complexity index is 962. The molecule has 1 N–H and O–H groups in total. The monoisotopic (exact) mass is 457 g/mol. The van der Waals surface area contributed by atoms with Gasteiger partial charge in [-0.15, -0.1) is 10.1 Å². The van der Waals surface area contributed by atoms with Crippen LogP contribution in [-0.2, 0) is 18.0 Å². The van der Waals surface area contributed by atoms with Gasteiger partial charge in [0.05, 0.1) is 11.6 Å². The van der Waals surface area contributed by atoms with Crippen LogP contribution in [0.5, 0.6) is 0 Å². The molecule has 0 bridgehead atoms. The molecule has 0 unspecified atom stereocenters. The molecule has 0 aliphatic carbocycles. The van der Waals surface area contributed by atoms with E-state index in [0.717, 1.165) is 11.1 Å². The van der Waals surface area contributed by atoms with E-state index in [-0.39, 0.29) is 0 Å². The molecule has 0 aliphatic heterocycles. The van der Waals surface area contributed by atoms with E-state index in [1.165, 1.54) is 6.33 Å². The fraction of sp³-hybridized carbons (Fsp3) is 0.118. The lowest BCUT2D eigenvalue weighted by Gasteiger charge is -2.09. The van der Waals surface area contributed by atoms with Crippen LogP contribution in [0.15, 0.2) is 60.3 Å². The standard InChI is InChI=1S/C17H13Cl3N4O.HNO3/c18-13-3-1-12(2-4-13)9-25-23-17(8-24-11-21-10-22-24)15-6-5-14(19)7-16(15)20;2-1(3)4/h1-7,10-11H,8-9H2;(H,2,3,4). The van der Waals surface area contributed by atoms with Gasteiger partial charge in [0.1, 0.15) is 25.0 Å². The van der Waals surface area contributed by atoms with Crippen molar-refractivity contribution in [1.29, 1.82) is 0 Å². The third kappa shape index (κ3) is 7.94. The Hall–Kier alpha value is -2.88. The molecule has 0 spiro atoms. The Morgan fingerprint density at radius 2 is 1.83 bits per heavy atom. The second-order valence-electron chi connectivity index (χ2n) is 5.39. The molecule has 2 aromatic carbocycles. The van der Waals surface area contributed by atoms with E-state index < -0.39 is 5.09 Å². The normalized spacial score (nSPS) is 10.8. The van der Waals surface area contributed by atoms with Crippen LogP contribution in [0.4, 0.5) is 0 Å². The fourth-order valence-electron chi connectivity index (χ4n) is 2.12. The lowest BCUT2D eigenvalue weighted by atomic mass is 10.1. The lowest BCUT2D eigenvalue weighted by molar-refractivity contribution is -0.742. The summed E-state index contributed by atoms with van der Waals surface area (Å²) in [5, 5.41) is 23.7. The van der Waals surface area contributed by atoms with Crippen LogP contribution >= 0.6 is 34.8 Å². The molecule has 9 nitrogen and oxygen atoms in total. The summed E-state index contributed by atoms with van der Waals surface area (Å²) in [7, 11) is 0. The number of oxime groups is 1. The highest BCUT2D eigenvalue weighted by Crippen LogP contribution is 2.22. The van der Waals surface area contributed by atoms with E-state index in [4.69, 9.17) is 55.0 Å². The maximum absolute atomic E-state index is 8.36. The van der Waals surface area contributed by atoms with E-state index >= 15 is 0 Å². The molecule has 1 heterocycles. The van der Waals surface area contributed by atoms with Crippen molar-refractivity contribution >= 4 is 40.5 Å². The number of rotatable bonds is 6. The molecular formula is C17H14Cl3N5O4. The van der Waals surface area contributed by atoms with Gasteiger partial charge in [0.2, 0.25) is 0 Å². The molecule has 0 radical (unpaired) electrons. The maximum Gasteiger partial charge on any atom is 0.291 e. The molecule has 0 atom stereocenters. The Morgan fingerprint density at radius 3 is 2.41 bits per heavy atom. The Labute approximate surface area is 180 Å². The van der Waals surface area contributed by atoms with Crippen molar-refractivity contribution in [2.45, 2.75) is 13.2 Å².